The summed E-state index contributed by atoms with van der Waals surface area (Å²) in [5.74, 6) is -0.245. The lowest BCUT2D eigenvalue weighted by molar-refractivity contribution is -0.137. The molecule has 0 atom stereocenters. The van der Waals surface area contributed by atoms with Crippen LogP contribution in [0.15, 0.2) is 0 Å². The first kappa shape index (κ1) is 13.9. The molecule has 0 bridgehead atoms. The van der Waals surface area contributed by atoms with Gasteiger partial charge in [0.25, 0.3) is 0 Å². The van der Waals surface area contributed by atoms with Crippen molar-refractivity contribution in [3.63, 3.8) is 0 Å². The van der Waals surface area contributed by atoms with Crippen molar-refractivity contribution >= 4 is 5.97 Å². The summed E-state index contributed by atoms with van der Waals surface area (Å²) >= 11 is 0. The lowest BCUT2D eigenvalue weighted by Gasteiger charge is -1.94. The first-order valence-electron chi connectivity index (χ1n) is 3.53. The van der Waals surface area contributed by atoms with Crippen molar-refractivity contribution in [3.05, 3.63) is 0 Å². The number of methoxy groups -OCH3 is 1. The van der Waals surface area contributed by atoms with E-state index in [1.54, 1.807) is 0 Å². The number of hydrogen-bond acceptors (Lipinski definition) is 5. The van der Waals surface area contributed by atoms with E-state index < -0.39 is 0 Å². The molecule has 5 nitrogen and oxygen atoms in total. The summed E-state index contributed by atoms with van der Waals surface area (Å²) in [6.45, 7) is 2.06. The molecule has 0 rings (SSSR count). The molecule has 0 saturated carbocycles. The second-order valence-corrected chi connectivity index (χ2v) is 1.76. The van der Waals surface area contributed by atoms with Gasteiger partial charge in [0.2, 0.25) is 0 Å². The van der Waals surface area contributed by atoms with Crippen molar-refractivity contribution in [2.75, 3.05) is 33.5 Å². The quantitative estimate of drug-likeness (QED) is 0.436. The van der Waals surface area contributed by atoms with Crippen molar-refractivity contribution < 1.29 is 24.5 Å². The molecular weight excluding hydrogens is 164 g/mol. The lowest BCUT2D eigenvalue weighted by Crippen LogP contribution is -2.03. The summed E-state index contributed by atoms with van der Waals surface area (Å²) < 4.78 is 8.74. The number of rotatable bonds is 4. The van der Waals surface area contributed by atoms with Crippen molar-refractivity contribution in [2.45, 2.75) is 6.92 Å². The number of hydrogen-bond donors (Lipinski definition) is 2. The smallest absolute Gasteiger partial charge is 0.302 e. The van der Waals surface area contributed by atoms with Gasteiger partial charge >= 0.3 is 5.97 Å². The van der Waals surface area contributed by atoms with Crippen LogP contribution in [0.3, 0.4) is 0 Å². The van der Waals surface area contributed by atoms with E-state index in [0.29, 0.717) is 13.2 Å². The average molecular weight is 180 g/mol. The summed E-state index contributed by atoms with van der Waals surface area (Å²) in [6.07, 6.45) is 0. The van der Waals surface area contributed by atoms with Crippen molar-refractivity contribution in [1.82, 2.24) is 0 Å². The van der Waals surface area contributed by atoms with E-state index in [1.807, 2.05) is 0 Å². The third-order valence-electron chi connectivity index (χ3n) is 0.759. The minimum absolute atomic E-state index is 0.0278. The van der Waals surface area contributed by atoms with Gasteiger partial charge in [-0.3, -0.25) is 4.79 Å². The molecule has 0 amide bonds. The van der Waals surface area contributed by atoms with Gasteiger partial charge in [0.15, 0.2) is 0 Å². The van der Waals surface area contributed by atoms with Gasteiger partial charge in [0, 0.05) is 6.92 Å². The van der Waals surface area contributed by atoms with E-state index >= 15 is 0 Å². The van der Waals surface area contributed by atoms with Crippen LogP contribution >= 0.6 is 0 Å². The van der Waals surface area contributed by atoms with E-state index in [1.165, 1.54) is 14.0 Å². The summed E-state index contributed by atoms with van der Waals surface area (Å²) in [7, 11) is 1.35. The molecular formula is C7H16O5. The largest absolute Gasteiger partial charge is 0.469 e. The molecule has 0 aromatic rings. The molecule has 0 aliphatic heterocycles. The molecule has 0 saturated heterocycles. The van der Waals surface area contributed by atoms with Gasteiger partial charge in [-0.2, -0.15) is 0 Å². The van der Waals surface area contributed by atoms with Crippen molar-refractivity contribution in [1.29, 1.82) is 0 Å². The highest BCUT2D eigenvalue weighted by Gasteiger charge is 1.79. The second kappa shape index (κ2) is 13.0. The summed E-state index contributed by atoms with van der Waals surface area (Å²) in [5.41, 5.74) is 0. The number of aliphatic hydroxyl groups excluding tert-OH is 2. The number of carbonyl (C=O) groups is 1. The van der Waals surface area contributed by atoms with Crippen LogP contribution in [0.5, 0.6) is 0 Å². The van der Waals surface area contributed by atoms with Crippen molar-refractivity contribution in [2.24, 2.45) is 0 Å². The summed E-state index contributed by atoms with van der Waals surface area (Å²) in [4.78, 5) is 9.59. The average Bonchev–Trinajstić information content (AvgIpc) is 2.07. The fourth-order valence-electron chi connectivity index (χ4n) is 0.231. The molecule has 0 aromatic carbocycles. The zero-order chi connectivity index (χ0) is 9.82. The predicted molar refractivity (Wildman–Crippen MR) is 42.7 cm³/mol. The zero-order valence-electron chi connectivity index (χ0n) is 7.45. The Morgan fingerprint density at radius 1 is 1.25 bits per heavy atom. The summed E-state index contributed by atoms with van der Waals surface area (Å²) in [5, 5.41) is 16.2. The minimum atomic E-state index is -0.245. The Hall–Kier alpha value is -0.650. The molecule has 0 aliphatic carbocycles. The highest BCUT2D eigenvalue weighted by molar-refractivity contribution is 5.65. The Bertz CT molecular complexity index is 89.8. The Balaban J connectivity index is 0. The third kappa shape index (κ3) is 22.8. The van der Waals surface area contributed by atoms with E-state index in [4.69, 9.17) is 10.2 Å². The maximum atomic E-state index is 9.59. The molecule has 0 radical (unpaired) electrons. The topological polar surface area (TPSA) is 76.0 Å². The zero-order valence-corrected chi connectivity index (χ0v) is 7.45. The van der Waals surface area contributed by atoms with E-state index in [9.17, 15) is 4.79 Å². The molecule has 2 N–H and O–H groups in total. The van der Waals surface area contributed by atoms with Crippen LogP contribution in [0, 0.1) is 0 Å². The first-order chi connectivity index (χ1) is 5.68. The highest BCUT2D eigenvalue weighted by Crippen LogP contribution is 1.68. The number of esters is 1. The Kier molecular flexibility index (Phi) is 15.0. The maximum Gasteiger partial charge on any atom is 0.302 e. The van der Waals surface area contributed by atoms with Crippen LogP contribution in [0.4, 0.5) is 0 Å². The van der Waals surface area contributed by atoms with Gasteiger partial charge in [-0.1, -0.05) is 0 Å². The van der Waals surface area contributed by atoms with Crippen LogP contribution in [0.1, 0.15) is 6.92 Å². The van der Waals surface area contributed by atoms with Crippen LogP contribution in [0.2, 0.25) is 0 Å². The Morgan fingerprint density at radius 3 is 1.75 bits per heavy atom. The van der Waals surface area contributed by atoms with E-state index in [-0.39, 0.29) is 19.2 Å². The van der Waals surface area contributed by atoms with Gasteiger partial charge in [-0.15, -0.1) is 0 Å². The van der Waals surface area contributed by atoms with E-state index in [2.05, 4.69) is 9.47 Å². The van der Waals surface area contributed by atoms with Crippen LogP contribution in [-0.4, -0.2) is 49.7 Å². The fourth-order valence-corrected chi connectivity index (χ4v) is 0.231. The molecule has 5 heteroatoms. The molecule has 0 heterocycles. The molecule has 0 fully saturated rings. The highest BCUT2D eigenvalue weighted by atomic mass is 16.5. The number of ether oxygens (including phenoxy) is 2. The fraction of sp³-hybridized carbons (Fsp3) is 0.857. The third-order valence-corrected chi connectivity index (χ3v) is 0.759. The molecule has 0 aromatic heterocycles. The number of aliphatic hydroxyl groups is 2. The van der Waals surface area contributed by atoms with Crippen LogP contribution in [0.25, 0.3) is 0 Å². The van der Waals surface area contributed by atoms with E-state index in [0.717, 1.165) is 0 Å². The van der Waals surface area contributed by atoms with Gasteiger partial charge in [-0.05, 0) is 0 Å². The summed E-state index contributed by atoms with van der Waals surface area (Å²) in [6, 6.07) is 0. The molecule has 0 spiro atoms. The predicted octanol–water partition coefficient (Wildman–Crippen LogP) is -0.833. The molecule has 12 heavy (non-hydrogen) atoms. The SMILES string of the molecule is COC(C)=O.OCCOCCO. The van der Waals surface area contributed by atoms with Gasteiger partial charge in [0.1, 0.15) is 0 Å². The Labute approximate surface area is 71.9 Å². The Morgan fingerprint density at radius 2 is 1.58 bits per heavy atom. The second-order valence-electron chi connectivity index (χ2n) is 1.76. The van der Waals surface area contributed by atoms with Crippen LogP contribution in [-0.2, 0) is 14.3 Å². The van der Waals surface area contributed by atoms with Gasteiger partial charge < -0.3 is 19.7 Å². The monoisotopic (exact) mass is 180 g/mol. The first-order valence-corrected chi connectivity index (χ1v) is 3.53. The number of carbonyl (C=O) groups excluding carboxylic acids is 1. The van der Waals surface area contributed by atoms with Gasteiger partial charge in [0.05, 0.1) is 33.5 Å². The minimum Gasteiger partial charge on any atom is -0.469 e. The van der Waals surface area contributed by atoms with Gasteiger partial charge in [-0.25, -0.2) is 0 Å². The molecule has 0 unspecified atom stereocenters. The lowest BCUT2D eigenvalue weighted by atomic mass is 10.7. The standard InChI is InChI=1S/C4H10O3.C3H6O2/c5-1-3-7-4-2-6;1-3(4)5-2/h5-6H,1-4H2;1-2H3. The normalized spacial score (nSPS) is 8.33. The molecule has 0 aliphatic rings. The molecule has 74 valence electrons. The van der Waals surface area contributed by atoms with Crippen LogP contribution < -0.4 is 0 Å². The maximum absolute atomic E-state index is 9.59. The van der Waals surface area contributed by atoms with Crippen molar-refractivity contribution in [3.8, 4) is 0 Å².